The highest BCUT2D eigenvalue weighted by molar-refractivity contribution is 6.01. The molecule has 0 fully saturated rings. The van der Waals surface area contributed by atoms with Crippen molar-refractivity contribution in [3.63, 3.8) is 0 Å². The Morgan fingerprint density at radius 3 is 1.17 bits per heavy atom. The van der Waals surface area contributed by atoms with E-state index in [1.807, 2.05) is 121 Å². The van der Waals surface area contributed by atoms with Crippen molar-refractivity contribution in [1.82, 2.24) is 9.97 Å². The second-order valence-electron chi connectivity index (χ2n) is 11.5. The largest absolute Gasteiger partial charge is 0.456 e. The highest BCUT2D eigenvalue weighted by atomic mass is 16.4. The van der Waals surface area contributed by atoms with E-state index >= 15 is 0 Å². The van der Waals surface area contributed by atoms with Crippen LogP contribution in [0.25, 0.3) is 100 Å². The van der Waals surface area contributed by atoms with Crippen molar-refractivity contribution in [3.8, 4) is 45.6 Å². The summed E-state index contributed by atoms with van der Waals surface area (Å²) in [7, 11) is 0. The van der Waals surface area contributed by atoms with E-state index in [1.165, 1.54) is 0 Å². The number of oxazole rings is 2. The van der Waals surface area contributed by atoms with E-state index < -0.39 is 0 Å². The van der Waals surface area contributed by atoms with Crippen molar-refractivity contribution in [1.29, 1.82) is 0 Å². The van der Waals surface area contributed by atoms with Gasteiger partial charge >= 0.3 is 0 Å². The SMILES string of the molecule is c1ccc2oc(-c3ccc(-c4nc5cc6cc7oc(-c8ccc(-c9cc%10ccccc%10o9)cc8)nc7cc6cc5o4)cc3)cc2c1. The first-order valence-electron chi connectivity index (χ1n) is 15.0. The number of fused-ring (bicyclic) bond motifs is 5. The lowest BCUT2D eigenvalue weighted by Crippen LogP contribution is -1.79. The minimum absolute atomic E-state index is 0.566. The predicted molar refractivity (Wildman–Crippen MR) is 180 cm³/mol. The normalized spacial score (nSPS) is 11.9. The molecule has 0 N–H and O–H groups in total. The summed E-state index contributed by atoms with van der Waals surface area (Å²) in [4.78, 5) is 9.61. The Morgan fingerprint density at radius 1 is 0.326 bits per heavy atom. The van der Waals surface area contributed by atoms with Gasteiger partial charge < -0.3 is 17.7 Å². The number of hydrogen-bond acceptors (Lipinski definition) is 6. The molecular weight excluding hydrogens is 572 g/mol. The van der Waals surface area contributed by atoms with Gasteiger partial charge in [-0.25, -0.2) is 9.97 Å². The van der Waals surface area contributed by atoms with Gasteiger partial charge in [0.15, 0.2) is 11.2 Å². The molecule has 0 amide bonds. The van der Waals surface area contributed by atoms with Crippen molar-refractivity contribution in [2.75, 3.05) is 0 Å². The molecule has 4 heterocycles. The zero-order valence-electron chi connectivity index (χ0n) is 24.2. The molecule has 216 valence electrons. The lowest BCUT2D eigenvalue weighted by atomic mass is 10.1. The molecule has 4 aromatic heterocycles. The second-order valence-corrected chi connectivity index (χ2v) is 11.5. The maximum absolute atomic E-state index is 6.22. The van der Waals surface area contributed by atoms with Gasteiger partial charge in [-0.2, -0.15) is 0 Å². The Labute approximate surface area is 261 Å². The molecule has 6 nitrogen and oxygen atoms in total. The van der Waals surface area contributed by atoms with E-state index in [1.54, 1.807) is 0 Å². The molecule has 46 heavy (non-hydrogen) atoms. The summed E-state index contributed by atoms with van der Waals surface area (Å²) in [6, 6.07) is 44.4. The van der Waals surface area contributed by atoms with Crippen molar-refractivity contribution < 1.29 is 17.7 Å². The van der Waals surface area contributed by atoms with Crippen molar-refractivity contribution in [3.05, 3.63) is 133 Å². The summed E-state index contributed by atoms with van der Waals surface area (Å²) < 4.78 is 24.5. The highest BCUT2D eigenvalue weighted by Gasteiger charge is 2.15. The fourth-order valence-corrected chi connectivity index (χ4v) is 6.14. The summed E-state index contributed by atoms with van der Waals surface area (Å²) in [5, 5.41) is 4.17. The van der Waals surface area contributed by atoms with Gasteiger partial charge in [0.25, 0.3) is 0 Å². The highest BCUT2D eigenvalue weighted by Crippen LogP contribution is 2.35. The second kappa shape index (κ2) is 9.55. The molecule has 0 bridgehead atoms. The maximum atomic E-state index is 6.22. The third-order valence-electron chi connectivity index (χ3n) is 8.54. The van der Waals surface area contributed by atoms with Crippen molar-refractivity contribution in [2.45, 2.75) is 0 Å². The van der Waals surface area contributed by atoms with E-state index in [2.05, 4.69) is 12.1 Å². The molecule has 10 rings (SSSR count). The van der Waals surface area contributed by atoms with Gasteiger partial charge in [-0.05, 0) is 83.6 Å². The quantitative estimate of drug-likeness (QED) is 0.202. The monoisotopic (exact) mass is 594 g/mol. The van der Waals surface area contributed by atoms with E-state index in [0.29, 0.717) is 22.9 Å². The molecule has 0 saturated heterocycles. The topological polar surface area (TPSA) is 78.3 Å². The fourth-order valence-electron chi connectivity index (χ4n) is 6.14. The Balaban J connectivity index is 0.948. The van der Waals surface area contributed by atoms with Gasteiger partial charge in [-0.15, -0.1) is 0 Å². The Morgan fingerprint density at radius 2 is 0.739 bits per heavy atom. The number of aromatic nitrogens is 2. The minimum Gasteiger partial charge on any atom is -0.456 e. The third kappa shape index (κ3) is 4.04. The minimum atomic E-state index is 0.566. The lowest BCUT2D eigenvalue weighted by molar-refractivity contribution is 0.619. The summed E-state index contributed by atoms with van der Waals surface area (Å²) in [6.45, 7) is 0. The molecule has 0 atom stereocenters. The average Bonchev–Trinajstić information content (AvgIpc) is 3.90. The van der Waals surface area contributed by atoms with Crippen molar-refractivity contribution >= 4 is 54.9 Å². The van der Waals surface area contributed by atoms with Crippen LogP contribution in [0.2, 0.25) is 0 Å². The number of para-hydroxylation sites is 2. The molecule has 0 radical (unpaired) electrons. The van der Waals surface area contributed by atoms with Gasteiger partial charge in [0.1, 0.15) is 33.7 Å². The first kappa shape index (κ1) is 25.0. The first-order chi connectivity index (χ1) is 22.7. The van der Waals surface area contributed by atoms with Gasteiger partial charge in [0.05, 0.1) is 0 Å². The molecule has 6 heteroatoms. The van der Waals surface area contributed by atoms with Crippen LogP contribution in [0.4, 0.5) is 0 Å². The zero-order valence-corrected chi connectivity index (χ0v) is 24.2. The summed E-state index contributed by atoms with van der Waals surface area (Å²) in [6.07, 6.45) is 0. The predicted octanol–water partition coefficient (Wildman–Crippen LogP) is 11.3. The van der Waals surface area contributed by atoms with Gasteiger partial charge in [0, 0.05) is 33.0 Å². The van der Waals surface area contributed by atoms with Crippen LogP contribution in [0.5, 0.6) is 0 Å². The van der Waals surface area contributed by atoms with Crippen LogP contribution in [0, 0.1) is 0 Å². The fraction of sp³-hybridized carbons (Fsp3) is 0. The Bertz CT molecular complexity index is 2420. The molecular formula is C40H22N2O4. The maximum Gasteiger partial charge on any atom is 0.227 e. The average molecular weight is 595 g/mol. The van der Waals surface area contributed by atoms with E-state index in [9.17, 15) is 0 Å². The van der Waals surface area contributed by atoms with Gasteiger partial charge in [0.2, 0.25) is 11.8 Å². The molecule has 0 unspecified atom stereocenters. The number of benzene rings is 6. The van der Waals surface area contributed by atoms with Gasteiger partial charge in [-0.3, -0.25) is 0 Å². The molecule has 6 aromatic carbocycles. The molecule has 0 spiro atoms. The van der Waals surface area contributed by atoms with Crippen LogP contribution in [0.1, 0.15) is 0 Å². The number of nitrogens with zero attached hydrogens (tertiary/aromatic N) is 2. The smallest absolute Gasteiger partial charge is 0.227 e. The Hall–Kier alpha value is -6.40. The molecule has 0 aliphatic carbocycles. The van der Waals surface area contributed by atoms with Crippen LogP contribution in [0.3, 0.4) is 0 Å². The van der Waals surface area contributed by atoms with Crippen LogP contribution in [-0.4, -0.2) is 9.97 Å². The first-order valence-corrected chi connectivity index (χ1v) is 15.0. The van der Waals surface area contributed by atoms with Crippen LogP contribution < -0.4 is 0 Å². The van der Waals surface area contributed by atoms with E-state index in [-0.39, 0.29) is 0 Å². The molecule has 0 saturated carbocycles. The number of hydrogen-bond donors (Lipinski definition) is 0. The molecule has 0 aliphatic heterocycles. The lowest BCUT2D eigenvalue weighted by Gasteiger charge is -1.98. The molecule has 0 aliphatic rings. The van der Waals surface area contributed by atoms with Crippen LogP contribution in [-0.2, 0) is 0 Å². The van der Waals surface area contributed by atoms with E-state index in [4.69, 9.17) is 27.6 Å². The summed E-state index contributed by atoms with van der Waals surface area (Å²) >= 11 is 0. The summed E-state index contributed by atoms with van der Waals surface area (Å²) in [5.41, 5.74) is 8.53. The standard InChI is InChI=1S/C40H22N2O4/c1-3-7-33-27(5-1)19-35(43-33)23-9-13-25(14-10-23)39-41-31-17-29-22-38-32(18-30(29)21-37(31)45-39)42-40(46-38)26-15-11-24(12-16-26)36-20-28-6-2-4-8-34(28)44-36/h1-22H. The zero-order chi connectivity index (χ0) is 30.2. The molecule has 10 aromatic rings. The van der Waals surface area contributed by atoms with E-state index in [0.717, 1.165) is 77.5 Å². The third-order valence-corrected chi connectivity index (χ3v) is 8.54. The van der Waals surface area contributed by atoms with Crippen LogP contribution >= 0.6 is 0 Å². The number of furan rings is 2. The number of rotatable bonds is 4. The summed E-state index contributed by atoms with van der Waals surface area (Å²) in [5.74, 6) is 2.79. The van der Waals surface area contributed by atoms with Crippen LogP contribution in [0.15, 0.2) is 151 Å². The Kier molecular flexibility index (Phi) is 5.19. The van der Waals surface area contributed by atoms with Gasteiger partial charge in [-0.1, -0.05) is 60.7 Å². The van der Waals surface area contributed by atoms with Crippen molar-refractivity contribution in [2.24, 2.45) is 0 Å².